The number of aromatic nitrogens is 3. The molecule has 19 heavy (non-hydrogen) atoms. The summed E-state index contributed by atoms with van der Waals surface area (Å²) in [4.78, 5) is 3.81. The molecule has 102 valence electrons. The van der Waals surface area contributed by atoms with Gasteiger partial charge in [-0.25, -0.2) is 18.1 Å². The Balaban J connectivity index is 2.11. The smallest absolute Gasteiger partial charge is 0.258 e. The maximum absolute atomic E-state index is 12.0. The third kappa shape index (κ3) is 3.16. The van der Waals surface area contributed by atoms with Crippen molar-refractivity contribution in [1.29, 1.82) is 0 Å². The molecule has 2 aromatic rings. The van der Waals surface area contributed by atoms with Gasteiger partial charge in [-0.2, -0.15) is 5.10 Å². The normalized spacial score (nSPS) is 11.7. The number of aryl methyl sites for hydroxylation is 1. The average Bonchev–Trinajstić information content (AvgIpc) is 2.82. The number of sulfonamides is 1. The van der Waals surface area contributed by atoms with Gasteiger partial charge in [0.25, 0.3) is 10.0 Å². The second-order valence-corrected chi connectivity index (χ2v) is 5.65. The van der Waals surface area contributed by atoms with Crippen molar-refractivity contribution in [1.82, 2.24) is 19.5 Å². The number of nitrogens with one attached hydrogen (secondary N) is 1. The molecule has 0 aliphatic rings. The van der Waals surface area contributed by atoms with Crippen LogP contribution in [0.25, 0.3) is 0 Å². The maximum Gasteiger partial charge on any atom is 0.258 e. The molecule has 0 aliphatic heterocycles. The fourth-order valence-electron chi connectivity index (χ4n) is 1.48. The second-order valence-electron chi connectivity index (χ2n) is 3.93. The molecule has 0 aliphatic carbocycles. The fourth-order valence-corrected chi connectivity index (χ4v) is 2.41. The van der Waals surface area contributed by atoms with E-state index in [9.17, 15) is 8.42 Å². The summed E-state index contributed by atoms with van der Waals surface area (Å²) in [7, 11) is -1.93. The first-order chi connectivity index (χ1) is 9.03. The average molecular weight is 282 g/mol. The fraction of sp³-hybridized carbons (Fsp3) is 0.273. The van der Waals surface area contributed by atoms with Crippen molar-refractivity contribution in [2.75, 3.05) is 0 Å². The van der Waals surface area contributed by atoms with Crippen LogP contribution in [0.1, 0.15) is 11.3 Å². The summed E-state index contributed by atoms with van der Waals surface area (Å²) in [5.74, 6) is 0. The van der Waals surface area contributed by atoms with E-state index >= 15 is 0 Å². The minimum atomic E-state index is -3.66. The summed E-state index contributed by atoms with van der Waals surface area (Å²) >= 11 is 0. The predicted octanol–water partition coefficient (Wildman–Crippen LogP) is -0.214. The Bertz CT molecular complexity index is 649. The predicted molar refractivity (Wildman–Crippen MR) is 67.4 cm³/mol. The van der Waals surface area contributed by atoms with Gasteiger partial charge in [0.05, 0.1) is 18.8 Å². The molecule has 0 amide bonds. The minimum absolute atomic E-state index is 0.0770. The third-order valence-corrected chi connectivity index (χ3v) is 3.94. The van der Waals surface area contributed by atoms with Crippen LogP contribution in [0.4, 0.5) is 0 Å². The Morgan fingerprint density at radius 3 is 2.68 bits per heavy atom. The van der Waals surface area contributed by atoms with Gasteiger partial charge in [0.15, 0.2) is 5.03 Å². The number of rotatable bonds is 5. The Hall–Kier alpha value is -1.77. The molecule has 2 heterocycles. The molecule has 8 heteroatoms. The van der Waals surface area contributed by atoms with Crippen molar-refractivity contribution in [3.63, 3.8) is 0 Å². The van der Waals surface area contributed by atoms with Crippen molar-refractivity contribution in [3.05, 3.63) is 41.9 Å². The van der Waals surface area contributed by atoms with Gasteiger partial charge in [0.2, 0.25) is 0 Å². The van der Waals surface area contributed by atoms with Crippen LogP contribution in [0.2, 0.25) is 0 Å². The summed E-state index contributed by atoms with van der Waals surface area (Å²) in [6.45, 7) is -0.0297. The molecule has 2 aromatic heterocycles. The van der Waals surface area contributed by atoms with Crippen molar-refractivity contribution in [2.45, 2.75) is 18.2 Å². The van der Waals surface area contributed by atoms with E-state index in [0.29, 0.717) is 5.56 Å². The van der Waals surface area contributed by atoms with Gasteiger partial charge in [-0.15, -0.1) is 0 Å². The Labute approximate surface area is 111 Å². The molecule has 0 fully saturated rings. The standard InChI is InChI=1S/C11H14N4O3S/c1-15-10(4-5-13-15)7-14-19(17,18)11-3-2-9(8-16)6-12-11/h2-6,14,16H,7-8H2,1H3. The van der Waals surface area contributed by atoms with Crippen LogP contribution in [-0.2, 0) is 30.2 Å². The third-order valence-electron chi connectivity index (χ3n) is 2.62. The largest absolute Gasteiger partial charge is 0.392 e. The van der Waals surface area contributed by atoms with E-state index in [1.54, 1.807) is 24.0 Å². The zero-order chi connectivity index (χ0) is 13.9. The molecule has 0 spiro atoms. The zero-order valence-corrected chi connectivity index (χ0v) is 11.1. The lowest BCUT2D eigenvalue weighted by Crippen LogP contribution is -2.25. The topological polar surface area (TPSA) is 97.1 Å². The van der Waals surface area contributed by atoms with Crippen molar-refractivity contribution < 1.29 is 13.5 Å². The molecule has 0 saturated heterocycles. The highest BCUT2D eigenvalue weighted by molar-refractivity contribution is 7.89. The Morgan fingerprint density at radius 1 is 1.37 bits per heavy atom. The van der Waals surface area contributed by atoms with Gasteiger partial charge < -0.3 is 5.11 Å². The lowest BCUT2D eigenvalue weighted by atomic mass is 10.3. The van der Waals surface area contributed by atoms with Crippen LogP contribution in [-0.4, -0.2) is 28.3 Å². The number of nitrogens with zero attached hydrogens (tertiary/aromatic N) is 3. The van der Waals surface area contributed by atoms with Gasteiger partial charge in [-0.3, -0.25) is 4.68 Å². The first-order valence-electron chi connectivity index (χ1n) is 5.55. The van der Waals surface area contributed by atoms with Gasteiger partial charge >= 0.3 is 0 Å². The van der Waals surface area contributed by atoms with Crippen LogP contribution in [0.3, 0.4) is 0 Å². The van der Waals surface area contributed by atoms with Crippen LogP contribution in [0.15, 0.2) is 35.6 Å². The summed E-state index contributed by atoms with van der Waals surface area (Å²) < 4.78 is 28.0. The van der Waals surface area contributed by atoms with Gasteiger partial charge in [0, 0.05) is 19.4 Å². The Morgan fingerprint density at radius 2 is 2.16 bits per heavy atom. The molecule has 2 rings (SSSR count). The van der Waals surface area contributed by atoms with Gasteiger partial charge in [0.1, 0.15) is 0 Å². The number of hydrogen-bond acceptors (Lipinski definition) is 5. The molecule has 0 bridgehead atoms. The highest BCUT2D eigenvalue weighted by atomic mass is 32.2. The number of aliphatic hydroxyl groups excluding tert-OH is 1. The van der Waals surface area contributed by atoms with Crippen molar-refractivity contribution in [3.8, 4) is 0 Å². The minimum Gasteiger partial charge on any atom is -0.392 e. The van der Waals surface area contributed by atoms with Crippen molar-refractivity contribution in [2.24, 2.45) is 7.05 Å². The number of pyridine rings is 1. The van der Waals surface area contributed by atoms with Gasteiger partial charge in [-0.05, 0) is 17.7 Å². The highest BCUT2D eigenvalue weighted by Crippen LogP contribution is 2.07. The molecule has 0 unspecified atom stereocenters. The second kappa shape index (κ2) is 5.47. The van der Waals surface area contributed by atoms with E-state index in [1.165, 1.54) is 18.3 Å². The highest BCUT2D eigenvalue weighted by Gasteiger charge is 2.15. The molecular weight excluding hydrogens is 268 g/mol. The lowest BCUT2D eigenvalue weighted by molar-refractivity contribution is 0.281. The molecule has 0 radical (unpaired) electrons. The van der Waals surface area contributed by atoms with E-state index < -0.39 is 10.0 Å². The SMILES string of the molecule is Cn1nccc1CNS(=O)(=O)c1ccc(CO)cn1. The summed E-state index contributed by atoms with van der Waals surface area (Å²) in [6, 6.07) is 4.60. The van der Waals surface area contributed by atoms with Gasteiger partial charge in [-0.1, -0.05) is 6.07 Å². The molecule has 0 aromatic carbocycles. The van der Waals surface area contributed by atoms with E-state index in [4.69, 9.17) is 5.11 Å². The van der Waals surface area contributed by atoms with Crippen LogP contribution in [0, 0.1) is 0 Å². The summed E-state index contributed by atoms with van der Waals surface area (Å²) in [5, 5.41) is 12.7. The number of aliphatic hydroxyl groups is 1. The Kier molecular flexibility index (Phi) is 3.93. The van der Waals surface area contributed by atoms with Crippen molar-refractivity contribution >= 4 is 10.0 Å². The molecule has 7 nitrogen and oxygen atoms in total. The summed E-state index contributed by atoms with van der Waals surface area (Å²) in [6.07, 6.45) is 2.93. The lowest BCUT2D eigenvalue weighted by Gasteiger charge is -2.06. The van der Waals surface area contributed by atoms with E-state index in [-0.39, 0.29) is 18.2 Å². The maximum atomic E-state index is 12.0. The van der Waals surface area contributed by atoms with Crippen LogP contribution >= 0.6 is 0 Å². The molecule has 0 saturated carbocycles. The zero-order valence-electron chi connectivity index (χ0n) is 10.3. The molecule has 0 atom stereocenters. The molecule has 2 N–H and O–H groups in total. The molecular formula is C11H14N4O3S. The van der Waals surface area contributed by atoms with E-state index in [2.05, 4.69) is 14.8 Å². The number of hydrogen-bond donors (Lipinski definition) is 2. The summed E-state index contributed by atoms with van der Waals surface area (Å²) in [5.41, 5.74) is 1.31. The van der Waals surface area contributed by atoms with Crippen LogP contribution in [0.5, 0.6) is 0 Å². The quantitative estimate of drug-likeness (QED) is 0.790. The monoisotopic (exact) mass is 282 g/mol. The van der Waals surface area contributed by atoms with E-state index in [0.717, 1.165) is 5.69 Å². The van der Waals surface area contributed by atoms with Crippen LogP contribution < -0.4 is 4.72 Å². The van der Waals surface area contributed by atoms with E-state index in [1.807, 2.05) is 0 Å². The first kappa shape index (κ1) is 13.7. The first-order valence-corrected chi connectivity index (χ1v) is 7.03.